The molecule has 7 heteroatoms. The van der Waals surface area contributed by atoms with Crippen molar-refractivity contribution in [3.8, 4) is 22.5 Å². The minimum absolute atomic E-state index is 0.413. The SMILES string of the molecule is CCC(CC)n1cc(-c2nc(-c3cnn(CC)c3)cn3nccc23)cn1. The van der Waals surface area contributed by atoms with Gasteiger partial charge in [0.05, 0.1) is 47.7 Å². The topological polar surface area (TPSA) is 65.8 Å². The Morgan fingerprint density at radius 1 is 0.923 bits per heavy atom. The highest BCUT2D eigenvalue weighted by atomic mass is 15.3. The molecule has 0 amide bonds. The molecule has 0 fully saturated rings. The second-order valence-electron chi connectivity index (χ2n) is 6.40. The van der Waals surface area contributed by atoms with E-state index in [0.29, 0.717) is 6.04 Å². The van der Waals surface area contributed by atoms with E-state index in [2.05, 4.69) is 42.3 Å². The molecule has 0 N–H and O–H groups in total. The smallest absolute Gasteiger partial charge is 0.0999 e. The van der Waals surface area contributed by atoms with Crippen LogP contribution >= 0.6 is 0 Å². The molecule has 0 aliphatic heterocycles. The first-order chi connectivity index (χ1) is 12.7. The zero-order chi connectivity index (χ0) is 18.1. The standard InChI is InChI=1S/C19H23N7/c1-4-16(5-2)25-12-15(10-22-25)19-18-7-8-20-26(18)13-17(23-19)14-9-21-24(6-3)11-14/h7-13,16H,4-6H2,1-3H3. The van der Waals surface area contributed by atoms with E-state index in [1.165, 1.54) is 0 Å². The van der Waals surface area contributed by atoms with Gasteiger partial charge in [-0.05, 0) is 25.8 Å². The van der Waals surface area contributed by atoms with Crippen molar-refractivity contribution in [2.75, 3.05) is 0 Å². The fourth-order valence-corrected chi connectivity index (χ4v) is 3.27. The maximum atomic E-state index is 4.92. The molecular weight excluding hydrogens is 326 g/mol. The third kappa shape index (κ3) is 2.79. The number of hydrogen-bond donors (Lipinski definition) is 0. The summed E-state index contributed by atoms with van der Waals surface area (Å²) in [6.07, 6.45) is 13.7. The Hall–Kier alpha value is -2.96. The summed E-state index contributed by atoms with van der Waals surface area (Å²) in [5.41, 5.74) is 4.71. The van der Waals surface area contributed by atoms with Crippen molar-refractivity contribution < 1.29 is 0 Å². The minimum atomic E-state index is 0.413. The van der Waals surface area contributed by atoms with Crippen LogP contribution in [0.1, 0.15) is 39.7 Å². The molecule has 0 aliphatic rings. The van der Waals surface area contributed by atoms with Crippen LogP contribution in [-0.4, -0.2) is 34.2 Å². The Labute approximate surface area is 152 Å². The molecule has 0 aliphatic carbocycles. The molecule has 0 unspecified atom stereocenters. The average Bonchev–Trinajstić information content (AvgIpc) is 3.41. The molecule has 0 bridgehead atoms. The van der Waals surface area contributed by atoms with Crippen LogP contribution in [0, 0.1) is 0 Å². The van der Waals surface area contributed by atoms with Gasteiger partial charge < -0.3 is 0 Å². The summed E-state index contributed by atoms with van der Waals surface area (Å²) < 4.78 is 5.82. The molecule has 0 saturated heterocycles. The first-order valence-electron chi connectivity index (χ1n) is 9.15. The highest BCUT2D eigenvalue weighted by Gasteiger charge is 2.15. The van der Waals surface area contributed by atoms with Crippen molar-refractivity contribution in [1.82, 2.24) is 34.2 Å². The maximum absolute atomic E-state index is 4.92. The third-order valence-corrected chi connectivity index (χ3v) is 4.83. The third-order valence-electron chi connectivity index (χ3n) is 4.83. The van der Waals surface area contributed by atoms with Crippen molar-refractivity contribution in [2.45, 2.75) is 46.2 Å². The van der Waals surface area contributed by atoms with Crippen molar-refractivity contribution >= 4 is 5.52 Å². The van der Waals surface area contributed by atoms with E-state index in [4.69, 9.17) is 4.98 Å². The second-order valence-corrected chi connectivity index (χ2v) is 6.40. The molecular formula is C19H23N7. The van der Waals surface area contributed by atoms with E-state index in [9.17, 15) is 0 Å². The molecule has 4 aromatic heterocycles. The highest BCUT2D eigenvalue weighted by Crippen LogP contribution is 2.27. The van der Waals surface area contributed by atoms with E-state index in [1.54, 1.807) is 6.20 Å². The summed E-state index contributed by atoms with van der Waals surface area (Å²) >= 11 is 0. The Bertz CT molecular complexity index is 1020. The van der Waals surface area contributed by atoms with Gasteiger partial charge in [-0.25, -0.2) is 9.50 Å². The summed E-state index contributed by atoms with van der Waals surface area (Å²) in [4.78, 5) is 4.92. The lowest BCUT2D eigenvalue weighted by Gasteiger charge is -2.12. The van der Waals surface area contributed by atoms with Gasteiger partial charge in [0.2, 0.25) is 0 Å². The first-order valence-corrected chi connectivity index (χ1v) is 9.15. The number of fused-ring (bicyclic) bond motifs is 1. The van der Waals surface area contributed by atoms with Crippen molar-refractivity contribution in [1.29, 1.82) is 0 Å². The van der Waals surface area contributed by atoms with Crippen molar-refractivity contribution in [3.63, 3.8) is 0 Å². The largest absolute Gasteiger partial charge is 0.272 e. The quantitative estimate of drug-likeness (QED) is 0.530. The first kappa shape index (κ1) is 16.5. The number of aromatic nitrogens is 7. The lowest BCUT2D eigenvalue weighted by atomic mass is 10.1. The Morgan fingerprint density at radius 3 is 2.46 bits per heavy atom. The van der Waals surface area contributed by atoms with Gasteiger partial charge in [0.1, 0.15) is 0 Å². The molecule has 26 heavy (non-hydrogen) atoms. The molecule has 0 saturated carbocycles. The summed E-state index contributed by atoms with van der Waals surface area (Å²) in [6, 6.07) is 2.39. The van der Waals surface area contributed by atoms with Crippen LogP contribution in [0.4, 0.5) is 0 Å². The van der Waals surface area contributed by atoms with Gasteiger partial charge in [0.25, 0.3) is 0 Å². The van der Waals surface area contributed by atoms with Crippen LogP contribution in [0.2, 0.25) is 0 Å². The van der Waals surface area contributed by atoms with Gasteiger partial charge in [0, 0.05) is 30.1 Å². The van der Waals surface area contributed by atoms with E-state index in [1.807, 2.05) is 44.7 Å². The van der Waals surface area contributed by atoms with Gasteiger partial charge >= 0.3 is 0 Å². The van der Waals surface area contributed by atoms with E-state index >= 15 is 0 Å². The number of aryl methyl sites for hydroxylation is 1. The molecule has 134 valence electrons. The molecule has 0 atom stereocenters. The predicted octanol–water partition coefficient (Wildman–Crippen LogP) is 3.84. The second kappa shape index (κ2) is 6.74. The van der Waals surface area contributed by atoms with Crippen LogP contribution in [0.3, 0.4) is 0 Å². The molecule has 0 radical (unpaired) electrons. The Kier molecular flexibility index (Phi) is 4.28. The Morgan fingerprint density at radius 2 is 1.73 bits per heavy atom. The maximum Gasteiger partial charge on any atom is 0.0999 e. The summed E-state index contributed by atoms with van der Waals surface area (Å²) in [5, 5.41) is 13.4. The predicted molar refractivity (Wildman–Crippen MR) is 101 cm³/mol. The number of nitrogens with zero attached hydrogens (tertiary/aromatic N) is 7. The fraction of sp³-hybridized carbons (Fsp3) is 0.368. The lowest BCUT2D eigenvalue weighted by molar-refractivity contribution is 0.428. The zero-order valence-corrected chi connectivity index (χ0v) is 15.4. The fourth-order valence-electron chi connectivity index (χ4n) is 3.27. The van der Waals surface area contributed by atoms with Crippen LogP contribution in [0.25, 0.3) is 28.0 Å². The summed E-state index contributed by atoms with van der Waals surface area (Å²) in [5.74, 6) is 0. The van der Waals surface area contributed by atoms with Crippen molar-refractivity contribution in [2.24, 2.45) is 0 Å². The van der Waals surface area contributed by atoms with E-state index in [0.717, 1.165) is 47.4 Å². The van der Waals surface area contributed by atoms with Gasteiger partial charge in [0.15, 0.2) is 0 Å². The summed E-state index contributed by atoms with van der Waals surface area (Å²) in [6.45, 7) is 7.28. The molecule has 4 aromatic rings. The van der Waals surface area contributed by atoms with Gasteiger partial charge in [-0.3, -0.25) is 9.36 Å². The molecule has 4 rings (SSSR count). The van der Waals surface area contributed by atoms with Crippen molar-refractivity contribution in [3.05, 3.63) is 43.2 Å². The van der Waals surface area contributed by atoms with Gasteiger partial charge in [-0.1, -0.05) is 13.8 Å². The van der Waals surface area contributed by atoms with E-state index in [-0.39, 0.29) is 0 Å². The monoisotopic (exact) mass is 349 g/mol. The molecule has 7 nitrogen and oxygen atoms in total. The average molecular weight is 349 g/mol. The van der Waals surface area contributed by atoms with Gasteiger partial charge in [-0.15, -0.1) is 0 Å². The zero-order valence-electron chi connectivity index (χ0n) is 15.4. The normalized spacial score (nSPS) is 11.7. The lowest BCUT2D eigenvalue weighted by Crippen LogP contribution is -2.06. The number of rotatable bonds is 6. The minimum Gasteiger partial charge on any atom is -0.272 e. The van der Waals surface area contributed by atoms with Crippen LogP contribution in [-0.2, 0) is 6.54 Å². The van der Waals surface area contributed by atoms with Crippen LogP contribution in [0.15, 0.2) is 43.2 Å². The van der Waals surface area contributed by atoms with E-state index < -0.39 is 0 Å². The van der Waals surface area contributed by atoms with Crippen LogP contribution < -0.4 is 0 Å². The molecule has 4 heterocycles. The highest BCUT2D eigenvalue weighted by molar-refractivity contribution is 5.78. The van der Waals surface area contributed by atoms with Crippen LogP contribution in [0.5, 0.6) is 0 Å². The molecule has 0 spiro atoms. The Balaban J connectivity index is 1.82. The van der Waals surface area contributed by atoms with Gasteiger partial charge in [-0.2, -0.15) is 15.3 Å². The molecule has 0 aromatic carbocycles. The number of hydrogen-bond acceptors (Lipinski definition) is 4. The summed E-state index contributed by atoms with van der Waals surface area (Å²) in [7, 11) is 0.